The first-order chi connectivity index (χ1) is 12.0. The summed E-state index contributed by atoms with van der Waals surface area (Å²) < 4.78 is 19.2. The molecule has 0 radical (unpaired) electrons. The number of carbonyl (C=O) groups excluding carboxylic acids is 2. The minimum atomic E-state index is -0.327. The van der Waals surface area contributed by atoms with Crippen LogP contribution in [0, 0.1) is 11.7 Å². The summed E-state index contributed by atoms with van der Waals surface area (Å²) in [5.41, 5.74) is 0.475. The molecular weight excluding hydrogens is 323 g/mol. The van der Waals surface area contributed by atoms with Gasteiger partial charge < -0.3 is 15.0 Å². The van der Waals surface area contributed by atoms with Gasteiger partial charge >= 0.3 is 0 Å². The lowest BCUT2D eigenvalue weighted by Crippen LogP contribution is -2.45. The fraction of sp³-hybridized carbons (Fsp3) is 0.579. The van der Waals surface area contributed by atoms with Crippen molar-refractivity contribution < 1.29 is 18.7 Å². The highest BCUT2D eigenvalue weighted by Gasteiger charge is 2.30. The van der Waals surface area contributed by atoms with E-state index in [1.54, 1.807) is 23.1 Å². The molecule has 0 saturated carbocycles. The number of amides is 2. The van der Waals surface area contributed by atoms with E-state index in [0.717, 1.165) is 6.42 Å². The molecule has 6 heteroatoms. The van der Waals surface area contributed by atoms with Crippen LogP contribution in [0.15, 0.2) is 24.3 Å². The standard InChI is InChI=1S/C19H27FN2O3/c1-14(2)25-11-5-10-21-19(24)16-8-9-18(23)22(13-16)12-15-6-3-4-7-17(15)20/h3-4,6-7,14,16H,5,8-13H2,1-2H3,(H,21,24)/t16-/m0/s1. The van der Waals surface area contributed by atoms with E-state index in [2.05, 4.69) is 5.32 Å². The van der Waals surface area contributed by atoms with E-state index in [0.29, 0.717) is 38.1 Å². The van der Waals surface area contributed by atoms with E-state index in [9.17, 15) is 14.0 Å². The smallest absolute Gasteiger partial charge is 0.224 e. The van der Waals surface area contributed by atoms with Gasteiger partial charge in [0, 0.05) is 38.2 Å². The highest BCUT2D eigenvalue weighted by molar-refractivity contribution is 5.83. The maximum Gasteiger partial charge on any atom is 0.224 e. The van der Waals surface area contributed by atoms with Gasteiger partial charge in [-0.05, 0) is 32.8 Å². The lowest BCUT2D eigenvalue weighted by Gasteiger charge is -2.32. The van der Waals surface area contributed by atoms with E-state index in [-0.39, 0.29) is 36.2 Å². The van der Waals surface area contributed by atoms with Gasteiger partial charge in [0.25, 0.3) is 0 Å². The zero-order valence-corrected chi connectivity index (χ0v) is 15.0. The van der Waals surface area contributed by atoms with Gasteiger partial charge in [-0.2, -0.15) is 0 Å². The Kier molecular flexibility index (Phi) is 7.37. The molecule has 1 saturated heterocycles. The highest BCUT2D eigenvalue weighted by Crippen LogP contribution is 2.21. The van der Waals surface area contributed by atoms with E-state index >= 15 is 0 Å². The quantitative estimate of drug-likeness (QED) is 0.733. The molecule has 1 aromatic carbocycles. The van der Waals surface area contributed by atoms with E-state index < -0.39 is 0 Å². The van der Waals surface area contributed by atoms with E-state index in [1.807, 2.05) is 13.8 Å². The zero-order valence-electron chi connectivity index (χ0n) is 15.0. The van der Waals surface area contributed by atoms with Gasteiger partial charge in [-0.25, -0.2) is 4.39 Å². The summed E-state index contributed by atoms with van der Waals surface area (Å²) in [6.07, 6.45) is 1.81. The summed E-state index contributed by atoms with van der Waals surface area (Å²) in [6, 6.07) is 6.42. The SMILES string of the molecule is CC(C)OCCCNC(=O)[C@H]1CCC(=O)N(Cc2ccccc2F)C1. The number of carbonyl (C=O) groups is 2. The molecule has 0 aromatic heterocycles. The lowest BCUT2D eigenvalue weighted by molar-refractivity contribution is -0.138. The monoisotopic (exact) mass is 350 g/mol. The number of hydrogen-bond donors (Lipinski definition) is 1. The minimum Gasteiger partial charge on any atom is -0.379 e. The van der Waals surface area contributed by atoms with E-state index in [1.165, 1.54) is 6.07 Å². The van der Waals surface area contributed by atoms with Crippen molar-refractivity contribution in [1.82, 2.24) is 10.2 Å². The van der Waals surface area contributed by atoms with Crippen molar-refractivity contribution in [1.29, 1.82) is 0 Å². The number of ether oxygens (including phenoxy) is 1. The lowest BCUT2D eigenvalue weighted by atomic mass is 9.96. The van der Waals surface area contributed by atoms with Crippen LogP contribution in [-0.2, 0) is 20.9 Å². The Hall–Kier alpha value is -1.95. The molecule has 1 aliphatic rings. The molecule has 1 aromatic rings. The van der Waals surface area contributed by atoms with Crippen molar-refractivity contribution in [2.75, 3.05) is 19.7 Å². The highest BCUT2D eigenvalue weighted by atomic mass is 19.1. The van der Waals surface area contributed by atoms with Crippen LogP contribution in [0.1, 0.15) is 38.7 Å². The van der Waals surface area contributed by atoms with Crippen molar-refractivity contribution in [2.24, 2.45) is 5.92 Å². The number of piperidine rings is 1. The number of likely N-dealkylation sites (tertiary alicyclic amines) is 1. The van der Waals surface area contributed by atoms with Gasteiger partial charge in [0.1, 0.15) is 5.82 Å². The second-order valence-corrected chi connectivity index (χ2v) is 6.67. The molecule has 2 amide bonds. The van der Waals surface area contributed by atoms with Crippen LogP contribution in [0.25, 0.3) is 0 Å². The van der Waals surface area contributed by atoms with Gasteiger partial charge in [-0.15, -0.1) is 0 Å². The van der Waals surface area contributed by atoms with Gasteiger partial charge in [0.2, 0.25) is 11.8 Å². The van der Waals surface area contributed by atoms with Gasteiger partial charge in [0.05, 0.1) is 12.0 Å². The Morgan fingerprint density at radius 1 is 1.40 bits per heavy atom. The largest absolute Gasteiger partial charge is 0.379 e. The number of rotatable bonds is 8. The molecule has 0 unspecified atom stereocenters. The van der Waals surface area contributed by atoms with Crippen molar-refractivity contribution in [3.63, 3.8) is 0 Å². The second kappa shape index (κ2) is 9.51. The predicted octanol–water partition coefficient (Wildman–Crippen LogP) is 2.50. The predicted molar refractivity (Wildman–Crippen MR) is 93.3 cm³/mol. The Morgan fingerprint density at radius 2 is 2.16 bits per heavy atom. The van der Waals surface area contributed by atoms with Crippen molar-refractivity contribution >= 4 is 11.8 Å². The molecule has 0 spiro atoms. The average Bonchev–Trinajstić information content (AvgIpc) is 2.58. The molecular formula is C19H27FN2O3. The zero-order chi connectivity index (χ0) is 18.2. The number of nitrogens with zero attached hydrogens (tertiary/aromatic N) is 1. The first-order valence-electron chi connectivity index (χ1n) is 8.88. The van der Waals surface area contributed by atoms with Crippen LogP contribution in [0.5, 0.6) is 0 Å². The van der Waals surface area contributed by atoms with Crippen molar-refractivity contribution in [2.45, 2.75) is 45.8 Å². The fourth-order valence-electron chi connectivity index (χ4n) is 2.86. The maximum absolute atomic E-state index is 13.8. The molecule has 1 atom stereocenters. The third kappa shape index (κ3) is 6.12. The first-order valence-corrected chi connectivity index (χ1v) is 8.88. The third-order valence-electron chi connectivity index (χ3n) is 4.26. The molecule has 0 bridgehead atoms. The Labute approximate surface area is 148 Å². The molecule has 1 N–H and O–H groups in total. The van der Waals surface area contributed by atoms with Crippen LogP contribution in [-0.4, -0.2) is 42.5 Å². The fourth-order valence-corrected chi connectivity index (χ4v) is 2.86. The number of benzene rings is 1. The van der Waals surface area contributed by atoms with Crippen LogP contribution in [0.4, 0.5) is 4.39 Å². The third-order valence-corrected chi connectivity index (χ3v) is 4.26. The number of halogens is 1. The first kappa shape index (κ1) is 19.4. The minimum absolute atomic E-state index is 0.0300. The number of nitrogens with one attached hydrogen (secondary N) is 1. The summed E-state index contributed by atoms with van der Waals surface area (Å²) in [7, 11) is 0. The Balaban J connectivity index is 1.81. The number of hydrogen-bond acceptors (Lipinski definition) is 3. The maximum atomic E-state index is 13.8. The molecule has 0 aliphatic carbocycles. The van der Waals surface area contributed by atoms with Gasteiger partial charge in [-0.1, -0.05) is 18.2 Å². The molecule has 2 rings (SSSR count). The molecule has 5 nitrogen and oxygen atoms in total. The van der Waals surface area contributed by atoms with Crippen LogP contribution >= 0.6 is 0 Å². The topological polar surface area (TPSA) is 58.6 Å². The van der Waals surface area contributed by atoms with E-state index in [4.69, 9.17) is 4.74 Å². The molecule has 1 heterocycles. The van der Waals surface area contributed by atoms with Crippen LogP contribution in [0.3, 0.4) is 0 Å². The summed E-state index contributed by atoms with van der Waals surface area (Å²) in [4.78, 5) is 26.0. The molecule has 138 valence electrons. The Morgan fingerprint density at radius 3 is 2.88 bits per heavy atom. The van der Waals surface area contributed by atoms with Crippen LogP contribution < -0.4 is 5.32 Å². The summed E-state index contributed by atoms with van der Waals surface area (Å²) in [5.74, 6) is -0.643. The molecule has 1 fully saturated rings. The summed E-state index contributed by atoms with van der Waals surface area (Å²) in [6.45, 7) is 5.66. The molecule has 25 heavy (non-hydrogen) atoms. The molecule has 1 aliphatic heterocycles. The van der Waals surface area contributed by atoms with Crippen LogP contribution in [0.2, 0.25) is 0 Å². The summed E-state index contributed by atoms with van der Waals surface area (Å²) >= 11 is 0. The van der Waals surface area contributed by atoms with Crippen molar-refractivity contribution in [3.8, 4) is 0 Å². The van der Waals surface area contributed by atoms with Gasteiger partial charge in [0.15, 0.2) is 0 Å². The van der Waals surface area contributed by atoms with Gasteiger partial charge in [-0.3, -0.25) is 9.59 Å². The second-order valence-electron chi connectivity index (χ2n) is 6.67. The Bertz CT molecular complexity index is 592. The average molecular weight is 350 g/mol. The normalized spacial score (nSPS) is 17.8. The van der Waals surface area contributed by atoms with Crippen molar-refractivity contribution in [3.05, 3.63) is 35.6 Å². The summed E-state index contributed by atoms with van der Waals surface area (Å²) in [5, 5.41) is 2.91.